The molecule has 3 nitrogen and oxygen atoms in total. The number of hydrogen-bond donors (Lipinski definition) is 2. The summed E-state index contributed by atoms with van der Waals surface area (Å²) >= 11 is 8.16. The maximum atomic E-state index is 12.2. The van der Waals surface area contributed by atoms with Crippen LogP contribution in [0.2, 0.25) is 5.02 Å². The van der Waals surface area contributed by atoms with Crippen LogP contribution < -0.4 is 11.1 Å². The van der Waals surface area contributed by atoms with Crippen LogP contribution in [0, 0.1) is 17.4 Å². The molecule has 0 aliphatic carbocycles. The van der Waals surface area contributed by atoms with Crippen LogP contribution in [0.25, 0.3) is 0 Å². The predicted molar refractivity (Wildman–Crippen MR) is 92.5 cm³/mol. The minimum absolute atomic E-state index is 0.185. The van der Waals surface area contributed by atoms with Crippen molar-refractivity contribution >= 4 is 51.5 Å². The van der Waals surface area contributed by atoms with Crippen LogP contribution in [-0.4, -0.2) is 5.91 Å². The third-order valence-corrected chi connectivity index (χ3v) is 4.62. The molecule has 2 aromatic carbocycles. The average Bonchev–Trinajstić information content (AvgIpc) is 2.39. The van der Waals surface area contributed by atoms with Gasteiger partial charge in [-0.15, -0.1) is 0 Å². The van der Waals surface area contributed by atoms with Gasteiger partial charge < -0.3 is 11.1 Å². The number of halogens is 2. The van der Waals surface area contributed by atoms with E-state index in [9.17, 15) is 4.79 Å². The Balaban J connectivity index is 2.27. The number of carbonyl (C=O) groups excluding carboxylic acids is 1. The second-order valence-corrected chi connectivity index (χ2v) is 6.18. The molecule has 2 aromatic rings. The van der Waals surface area contributed by atoms with Gasteiger partial charge >= 0.3 is 0 Å². The summed E-state index contributed by atoms with van der Waals surface area (Å²) in [5.74, 6) is -0.185. The van der Waals surface area contributed by atoms with Crippen molar-refractivity contribution in [2.75, 3.05) is 11.1 Å². The monoisotopic (exact) mass is 400 g/mol. The average molecular weight is 401 g/mol. The molecule has 1 amide bonds. The van der Waals surface area contributed by atoms with E-state index in [-0.39, 0.29) is 5.91 Å². The number of nitrogens with one attached hydrogen (secondary N) is 1. The van der Waals surface area contributed by atoms with Crippen molar-refractivity contribution in [1.29, 1.82) is 0 Å². The molecule has 0 unspecified atom stereocenters. The third-order valence-electron chi connectivity index (χ3n) is 3.04. The van der Waals surface area contributed by atoms with E-state index >= 15 is 0 Å². The molecule has 0 saturated carbocycles. The second-order valence-electron chi connectivity index (χ2n) is 4.61. The van der Waals surface area contributed by atoms with Crippen molar-refractivity contribution < 1.29 is 4.79 Å². The Kier molecular flexibility index (Phi) is 4.55. The van der Waals surface area contributed by atoms with Crippen LogP contribution >= 0.6 is 34.2 Å². The molecule has 3 N–H and O–H groups in total. The molecule has 0 aromatic heterocycles. The number of rotatable bonds is 2. The normalized spacial score (nSPS) is 10.4. The lowest BCUT2D eigenvalue weighted by Crippen LogP contribution is -2.13. The van der Waals surface area contributed by atoms with E-state index in [0.717, 1.165) is 26.1 Å². The van der Waals surface area contributed by atoms with Crippen LogP contribution in [0.3, 0.4) is 0 Å². The summed E-state index contributed by atoms with van der Waals surface area (Å²) in [4.78, 5) is 12.2. The summed E-state index contributed by atoms with van der Waals surface area (Å²) < 4.78 is 0.917. The smallest absolute Gasteiger partial charge is 0.255 e. The topological polar surface area (TPSA) is 55.1 Å². The summed E-state index contributed by atoms with van der Waals surface area (Å²) in [7, 11) is 0. The van der Waals surface area contributed by atoms with E-state index in [4.69, 9.17) is 17.3 Å². The quantitative estimate of drug-likeness (QED) is 0.580. The molecule has 0 aliphatic heterocycles. The van der Waals surface area contributed by atoms with Crippen molar-refractivity contribution in [3.63, 3.8) is 0 Å². The van der Waals surface area contributed by atoms with E-state index in [0.29, 0.717) is 10.6 Å². The highest BCUT2D eigenvalue weighted by Gasteiger charge is 2.10. The summed E-state index contributed by atoms with van der Waals surface area (Å²) in [5, 5.41) is 3.46. The van der Waals surface area contributed by atoms with Gasteiger partial charge in [-0.05, 0) is 77.9 Å². The number of nitrogens with two attached hydrogens (primary N) is 1. The van der Waals surface area contributed by atoms with Crippen LogP contribution in [0.4, 0.5) is 11.4 Å². The number of aryl methyl sites for hydroxylation is 2. The van der Waals surface area contributed by atoms with Gasteiger partial charge in [-0.1, -0.05) is 11.6 Å². The Hall–Kier alpha value is -1.27. The third kappa shape index (κ3) is 3.24. The van der Waals surface area contributed by atoms with Crippen molar-refractivity contribution in [2.45, 2.75) is 13.8 Å². The highest BCUT2D eigenvalue weighted by molar-refractivity contribution is 14.1. The fourth-order valence-corrected chi connectivity index (χ4v) is 2.32. The first-order valence-electron chi connectivity index (χ1n) is 6.01. The zero-order valence-corrected chi connectivity index (χ0v) is 14.0. The van der Waals surface area contributed by atoms with Gasteiger partial charge in [-0.25, -0.2) is 0 Å². The van der Waals surface area contributed by atoms with Crippen LogP contribution in [-0.2, 0) is 0 Å². The Labute approximate surface area is 136 Å². The molecule has 0 spiro atoms. The predicted octanol–water partition coefficient (Wildman–Crippen LogP) is 4.40. The van der Waals surface area contributed by atoms with E-state index < -0.39 is 0 Å². The fourth-order valence-electron chi connectivity index (χ4n) is 1.81. The maximum Gasteiger partial charge on any atom is 0.255 e. The van der Waals surface area contributed by atoms with Crippen molar-refractivity contribution in [2.24, 2.45) is 0 Å². The fraction of sp³-hybridized carbons (Fsp3) is 0.133. The number of benzene rings is 2. The molecule has 2 rings (SSSR count). The zero-order valence-electron chi connectivity index (χ0n) is 11.1. The standard InChI is InChI=1S/C15H14ClIN2O/c1-8-6-14(9(2)5-13(8)18)19-15(20)10-3-4-12(17)11(16)7-10/h3-7H,18H2,1-2H3,(H,19,20). The lowest BCUT2D eigenvalue weighted by Gasteiger charge is -2.11. The van der Waals surface area contributed by atoms with Gasteiger partial charge in [-0.2, -0.15) is 0 Å². The van der Waals surface area contributed by atoms with Crippen molar-refractivity contribution in [3.8, 4) is 0 Å². The first-order chi connectivity index (χ1) is 9.38. The Morgan fingerprint density at radius 1 is 1.20 bits per heavy atom. The van der Waals surface area contributed by atoms with Crippen molar-refractivity contribution in [3.05, 3.63) is 55.6 Å². The molecule has 0 heterocycles. The summed E-state index contributed by atoms with van der Waals surface area (Å²) in [5.41, 5.74) is 9.71. The molecular formula is C15H14ClIN2O. The highest BCUT2D eigenvalue weighted by atomic mass is 127. The number of amides is 1. The largest absolute Gasteiger partial charge is 0.399 e. The summed E-state index contributed by atoms with van der Waals surface area (Å²) in [6, 6.07) is 8.96. The molecule has 0 radical (unpaired) electrons. The highest BCUT2D eigenvalue weighted by Crippen LogP contribution is 2.24. The lowest BCUT2D eigenvalue weighted by atomic mass is 10.1. The molecule has 0 atom stereocenters. The summed E-state index contributed by atoms with van der Waals surface area (Å²) in [6.45, 7) is 3.82. The summed E-state index contributed by atoms with van der Waals surface area (Å²) in [6.07, 6.45) is 0. The molecule has 0 aliphatic rings. The Morgan fingerprint density at radius 2 is 1.90 bits per heavy atom. The zero-order chi connectivity index (χ0) is 14.9. The van der Waals surface area contributed by atoms with Gasteiger partial charge in [0.25, 0.3) is 5.91 Å². The van der Waals surface area contributed by atoms with Gasteiger partial charge in [0, 0.05) is 20.5 Å². The number of anilines is 2. The van der Waals surface area contributed by atoms with Gasteiger partial charge in [0.1, 0.15) is 0 Å². The number of hydrogen-bond acceptors (Lipinski definition) is 2. The van der Waals surface area contributed by atoms with E-state index in [2.05, 4.69) is 27.9 Å². The molecule has 5 heteroatoms. The van der Waals surface area contributed by atoms with Crippen LogP contribution in [0.1, 0.15) is 21.5 Å². The minimum Gasteiger partial charge on any atom is -0.399 e. The van der Waals surface area contributed by atoms with E-state index in [1.807, 2.05) is 32.0 Å². The molecular weight excluding hydrogens is 387 g/mol. The van der Waals surface area contributed by atoms with Gasteiger partial charge in [0.2, 0.25) is 0 Å². The van der Waals surface area contributed by atoms with Crippen LogP contribution in [0.5, 0.6) is 0 Å². The first-order valence-corrected chi connectivity index (χ1v) is 7.47. The molecule has 0 saturated heterocycles. The van der Waals surface area contributed by atoms with Crippen molar-refractivity contribution in [1.82, 2.24) is 0 Å². The molecule has 0 bridgehead atoms. The van der Waals surface area contributed by atoms with E-state index in [1.165, 1.54) is 0 Å². The maximum absolute atomic E-state index is 12.2. The lowest BCUT2D eigenvalue weighted by molar-refractivity contribution is 0.102. The minimum atomic E-state index is -0.185. The molecule has 0 fully saturated rings. The SMILES string of the molecule is Cc1cc(NC(=O)c2ccc(I)c(Cl)c2)c(C)cc1N. The molecule has 104 valence electrons. The second kappa shape index (κ2) is 6.01. The van der Waals surface area contributed by atoms with Gasteiger partial charge in [0.15, 0.2) is 0 Å². The van der Waals surface area contributed by atoms with E-state index in [1.54, 1.807) is 12.1 Å². The van der Waals surface area contributed by atoms with Gasteiger partial charge in [-0.3, -0.25) is 4.79 Å². The Morgan fingerprint density at radius 3 is 2.55 bits per heavy atom. The van der Waals surface area contributed by atoms with Gasteiger partial charge in [0.05, 0.1) is 5.02 Å². The number of nitrogen functional groups attached to an aromatic ring is 1. The molecule has 20 heavy (non-hydrogen) atoms. The Bertz CT molecular complexity index is 686. The first kappa shape index (κ1) is 15.1. The van der Waals surface area contributed by atoms with Crippen LogP contribution in [0.15, 0.2) is 30.3 Å². The number of carbonyl (C=O) groups is 1.